The molecule has 5 nitrogen and oxygen atoms in total. The third kappa shape index (κ3) is 2.24. The smallest absolute Gasteiger partial charge is 0.252 e. The van der Waals surface area contributed by atoms with Gasteiger partial charge in [0.1, 0.15) is 0 Å². The zero-order valence-corrected chi connectivity index (χ0v) is 14.9. The van der Waals surface area contributed by atoms with Gasteiger partial charge in [0, 0.05) is 46.9 Å². The lowest BCUT2D eigenvalue weighted by atomic mass is 9.84. The quantitative estimate of drug-likeness (QED) is 0.683. The molecule has 2 aromatic carbocycles. The second kappa shape index (κ2) is 5.61. The molecule has 1 amide bonds. The Hall–Kier alpha value is -2.79. The predicted molar refractivity (Wildman–Crippen MR) is 104 cm³/mol. The topological polar surface area (TPSA) is 60.2 Å². The predicted octanol–water partition coefficient (Wildman–Crippen LogP) is 3.09. The first-order valence-electron chi connectivity index (χ1n) is 9.04. The van der Waals surface area contributed by atoms with E-state index in [4.69, 9.17) is 0 Å². The van der Waals surface area contributed by atoms with Crippen LogP contribution in [0.2, 0.25) is 0 Å². The standard InChI is InChI=1S/C21H22N4O/c1-25(2)11-18-19(13-5-3-4-6-16(13)23-18)20-14-10-17-12(7-8-22-17)9-15(14)21(26)24-20/h3-10,18-20,22-23H,11H2,1-2H3,(H,24,26). The summed E-state index contributed by atoms with van der Waals surface area (Å²) in [6.07, 6.45) is 1.92. The molecule has 5 rings (SSSR count). The first kappa shape index (κ1) is 15.5. The molecule has 0 saturated carbocycles. The number of para-hydroxylation sites is 1. The molecule has 3 aromatic rings. The lowest BCUT2D eigenvalue weighted by Gasteiger charge is -2.28. The molecular weight excluding hydrogens is 324 g/mol. The summed E-state index contributed by atoms with van der Waals surface area (Å²) in [7, 11) is 4.18. The van der Waals surface area contributed by atoms with Gasteiger partial charge in [0.2, 0.25) is 0 Å². The maximum atomic E-state index is 12.7. The number of carbonyl (C=O) groups excluding carboxylic acids is 1. The number of nitrogens with one attached hydrogen (secondary N) is 3. The lowest BCUT2D eigenvalue weighted by Crippen LogP contribution is -2.38. The van der Waals surface area contributed by atoms with Crippen LogP contribution in [0.15, 0.2) is 48.7 Å². The molecule has 1 aromatic heterocycles. The van der Waals surface area contributed by atoms with Gasteiger partial charge in [-0.1, -0.05) is 18.2 Å². The summed E-state index contributed by atoms with van der Waals surface area (Å²) in [6.45, 7) is 0.909. The number of likely N-dealkylation sites (N-methyl/N-ethyl adjacent to an activating group) is 1. The van der Waals surface area contributed by atoms with Crippen molar-refractivity contribution < 1.29 is 4.79 Å². The van der Waals surface area contributed by atoms with E-state index >= 15 is 0 Å². The van der Waals surface area contributed by atoms with Gasteiger partial charge < -0.3 is 20.5 Å². The Morgan fingerprint density at radius 2 is 1.88 bits per heavy atom. The van der Waals surface area contributed by atoms with Crippen molar-refractivity contribution in [3.8, 4) is 0 Å². The summed E-state index contributed by atoms with van der Waals surface area (Å²) in [4.78, 5) is 18.2. The number of hydrogen-bond donors (Lipinski definition) is 3. The third-order valence-corrected chi connectivity index (χ3v) is 5.60. The Bertz CT molecular complexity index is 1010. The molecule has 3 atom stereocenters. The van der Waals surface area contributed by atoms with Crippen LogP contribution < -0.4 is 10.6 Å². The molecule has 5 heteroatoms. The Kier molecular flexibility index (Phi) is 3.34. The number of amides is 1. The Labute approximate surface area is 152 Å². The van der Waals surface area contributed by atoms with Crippen LogP contribution in [0.25, 0.3) is 10.9 Å². The normalized spacial score (nSPS) is 23.8. The van der Waals surface area contributed by atoms with Gasteiger partial charge in [0.15, 0.2) is 0 Å². The SMILES string of the molecule is CN(C)CC1Nc2ccccc2C1C1NC(=O)c2cc3cc[nH]c3cc21. The van der Waals surface area contributed by atoms with E-state index in [1.165, 1.54) is 11.3 Å². The van der Waals surface area contributed by atoms with Crippen LogP contribution in [0, 0.1) is 0 Å². The molecular formula is C21H22N4O. The number of carbonyl (C=O) groups is 1. The fraction of sp³-hybridized carbons (Fsp3) is 0.286. The van der Waals surface area contributed by atoms with Gasteiger partial charge in [-0.3, -0.25) is 4.79 Å². The van der Waals surface area contributed by atoms with E-state index in [0.29, 0.717) is 0 Å². The Balaban J connectivity index is 1.63. The van der Waals surface area contributed by atoms with E-state index in [1.54, 1.807) is 0 Å². The van der Waals surface area contributed by atoms with E-state index in [2.05, 4.69) is 64.9 Å². The first-order valence-corrected chi connectivity index (χ1v) is 9.04. The molecule has 0 aliphatic carbocycles. The van der Waals surface area contributed by atoms with Crippen LogP contribution in [-0.2, 0) is 0 Å². The lowest BCUT2D eigenvalue weighted by molar-refractivity contribution is 0.0951. The molecule has 26 heavy (non-hydrogen) atoms. The molecule has 3 N–H and O–H groups in total. The molecule has 0 fully saturated rings. The molecule has 2 aliphatic heterocycles. The number of aromatic nitrogens is 1. The van der Waals surface area contributed by atoms with Gasteiger partial charge in [0.25, 0.3) is 5.91 Å². The Morgan fingerprint density at radius 1 is 1.04 bits per heavy atom. The van der Waals surface area contributed by atoms with Crippen molar-refractivity contribution in [3.63, 3.8) is 0 Å². The largest absolute Gasteiger partial charge is 0.380 e. The summed E-state index contributed by atoms with van der Waals surface area (Å²) in [5.41, 5.74) is 5.43. The van der Waals surface area contributed by atoms with Gasteiger partial charge in [-0.05, 0) is 49.5 Å². The van der Waals surface area contributed by atoms with Crippen LogP contribution in [0.4, 0.5) is 5.69 Å². The maximum absolute atomic E-state index is 12.7. The van der Waals surface area contributed by atoms with Crippen molar-refractivity contribution in [2.24, 2.45) is 0 Å². The van der Waals surface area contributed by atoms with Crippen molar-refractivity contribution in [1.29, 1.82) is 0 Å². The minimum atomic E-state index is -0.0219. The van der Waals surface area contributed by atoms with Crippen molar-refractivity contribution in [1.82, 2.24) is 15.2 Å². The van der Waals surface area contributed by atoms with Crippen molar-refractivity contribution in [2.45, 2.75) is 18.0 Å². The first-order chi connectivity index (χ1) is 12.6. The van der Waals surface area contributed by atoms with Crippen molar-refractivity contribution in [3.05, 3.63) is 65.4 Å². The maximum Gasteiger partial charge on any atom is 0.252 e. The van der Waals surface area contributed by atoms with Crippen LogP contribution >= 0.6 is 0 Å². The average molecular weight is 346 g/mol. The second-order valence-electron chi connectivity index (χ2n) is 7.58. The number of aromatic amines is 1. The zero-order valence-electron chi connectivity index (χ0n) is 14.9. The highest BCUT2D eigenvalue weighted by molar-refractivity contribution is 6.03. The summed E-state index contributed by atoms with van der Waals surface area (Å²) in [5, 5.41) is 8.01. The van der Waals surface area contributed by atoms with E-state index in [1.807, 2.05) is 18.3 Å². The van der Waals surface area contributed by atoms with E-state index in [-0.39, 0.29) is 23.9 Å². The molecule has 0 bridgehead atoms. The minimum absolute atomic E-state index is 0.0219. The molecule has 132 valence electrons. The number of hydrogen-bond acceptors (Lipinski definition) is 3. The molecule has 3 heterocycles. The minimum Gasteiger partial charge on any atom is -0.380 e. The average Bonchev–Trinajstić information content (AvgIpc) is 3.28. The molecule has 2 aliphatic rings. The highest BCUT2D eigenvalue weighted by Gasteiger charge is 2.43. The van der Waals surface area contributed by atoms with Crippen LogP contribution in [0.3, 0.4) is 0 Å². The van der Waals surface area contributed by atoms with E-state index < -0.39 is 0 Å². The fourth-order valence-corrected chi connectivity index (χ4v) is 4.54. The highest BCUT2D eigenvalue weighted by Crippen LogP contribution is 2.46. The monoisotopic (exact) mass is 346 g/mol. The van der Waals surface area contributed by atoms with Gasteiger partial charge in [-0.15, -0.1) is 0 Å². The number of benzene rings is 2. The van der Waals surface area contributed by atoms with Gasteiger partial charge >= 0.3 is 0 Å². The highest BCUT2D eigenvalue weighted by atomic mass is 16.2. The summed E-state index contributed by atoms with van der Waals surface area (Å²) in [6, 6.07) is 14.8. The molecule has 0 spiro atoms. The fourth-order valence-electron chi connectivity index (χ4n) is 4.54. The molecule has 3 unspecified atom stereocenters. The van der Waals surface area contributed by atoms with Crippen LogP contribution in [-0.4, -0.2) is 42.5 Å². The van der Waals surface area contributed by atoms with Crippen molar-refractivity contribution >= 4 is 22.5 Å². The summed E-state index contributed by atoms with van der Waals surface area (Å²) >= 11 is 0. The Morgan fingerprint density at radius 3 is 2.73 bits per heavy atom. The van der Waals surface area contributed by atoms with Gasteiger partial charge in [-0.2, -0.15) is 0 Å². The number of rotatable bonds is 3. The molecule has 0 saturated heterocycles. The van der Waals surface area contributed by atoms with Gasteiger partial charge in [0.05, 0.1) is 6.04 Å². The van der Waals surface area contributed by atoms with Crippen LogP contribution in [0.1, 0.15) is 33.4 Å². The van der Waals surface area contributed by atoms with Gasteiger partial charge in [-0.25, -0.2) is 0 Å². The second-order valence-corrected chi connectivity index (χ2v) is 7.58. The number of anilines is 1. The van der Waals surface area contributed by atoms with Crippen molar-refractivity contribution in [2.75, 3.05) is 26.0 Å². The molecule has 0 radical (unpaired) electrons. The summed E-state index contributed by atoms with van der Waals surface area (Å²) in [5.74, 6) is 0.229. The van der Waals surface area contributed by atoms with E-state index in [0.717, 1.165) is 28.6 Å². The number of H-pyrrole nitrogens is 1. The number of nitrogens with zero attached hydrogens (tertiary/aromatic N) is 1. The summed E-state index contributed by atoms with van der Waals surface area (Å²) < 4.78 is 0. The number of fused-ring (bicyclic) bond motifs is 3. The third-order valence-electron chi connectivity index (χ3n) is 5.60. The zero-order chi connectivity index (χ0) is 17.8. The van der Waals surface area contributed by atoms with E-state index in [9.17, 15) is 4.79 Å². The van der Waals surface area contributed by atoms with Crippen LogP contribution in [0.5, 0.6) is 0 Å².